The fourth-order valence-corrected chi connectivity index (χ4v) is 1.68. The minimum atomic E-state index is 0.101. The Morgan fingerprint density at radius 1 is 1.25 bits per heavy atom. The number of nitrogens with zero attached hydrogens (tertiary/aromatic N) is 1. The van der Waals surface area contributed by atoms with Crippen molar-refractivity contribution in [1.82, 2.24) is 5.32 Å². The summed E-state index contributed by atoms with van der Waals surface area (Å²) < 4.78 is 10.4. The van der Waals surface area contributed by atoms with Gasteiger partial charge in [0.25, 0.3) is 0 Å². The maximum Gasteiger partial charge on any atom is 0.189 e. The standard InChI is InChI=1S/C11H15N3O2/c1-15-8-3-7(4-9(5-8)16-2)10-6-13-11(12)14-10/h3-5,10H,6H2,1-2H3,(H3,12,13,14). The SMILES string of the molecule is COc1cc(OC)cc(C2CN=C(N)N2)c1. The van der Waals surface area contributed by atoms with Crippen molar-refractivity contribution in [2.75, 3.05) is 20.8 Å². The first-order chi connectivity index (χ1) is 7.72. The van der Waals surface area contributed by atoms with E-state index in [4.69, 9.17) is 15.2 Å². The van der Waals surface area contributed by atoms with Crippen LogP contribution in [-0.2, 0) is 0 Å². The first-order valence-corrected chi connectivity index (χ1v) is 5.02. The van der Waals surface area contributed by atoms with Gasteiger partial charge in [-0.1, -0.05) is 0 Å². The second-order valence-electron chi connectivity index (χ2n) is 3.57. The summed E-state index contributed by atoms with van der Waals surface area (Å²) in [5.41, 5.74) is 6.64. The maximum absolute atomic E-state index is 5.58. The Kier molecular flexibility index (Phi) is 2.85. The number of nitrogens with one attached hydrogen (secondary N) is 1. The van der Waals surface area contributed by atoms with Crippen molar-refractivity contribution < 1.29 is 9.47 Å². The van der Waals surface area contributed by atoms with Crippen molar-refractivity contribution in [2.24, 2.45) is 10.7 Å². The van der Waals surface area contributed by atoms with E-state index >= 15 is 0 Å². The Morgan fingerprint density at radius 3 is 2.31 bits per heavy atom. The molecule has 0 radical (unpaired) electrons. The third-order valence-electron chi connectivity index (χ3n) is 2.54. The predicted molar refractivity (Wildman–Crippen MR) is 61.9 cm³/mol. The second-order valence-corrected chi connectivity index (χ2v) is 3.57. The van der Waals surface area contributed by atoms with E-state index in [0.717, 1.165) is 17.1 Å². The van der Waals surface area contributed by atoms with Gasteiger partial charge in [-0.05, 0) is 17.7 Å². The maximum atomic E-state index is 5.58. The molecule has 1 atom stereocenters. The molecule has 0 aliphatic carbocycles. The van der Waals surface area contributed by atoms with Crippen LogP contribution in [0.2, 0.25) is 0 Å². The van der Waals surface area contributed by atoms with Gasteiger partial charge in [-0.2, -0.15) is 0 Å². The van der Waals surface area contributed by atoms with Crippen LogP contribution < -0.4 is 20.5 Å². The van der Waals surface area contributed by atoms with Crippen LogP contribution in [0.4, 0.5) is 0 Å². The molecule has 3 N–H and O–H groups in total. The molecule has 5 heteroatoms. The van der Waals surface area contributed by atoms with Crippen LogP contribution >= 0.6 is 0 Å². The Morgan fingerprint density at radius 2 is 1.88 bits per heavy atom. The van der Waals surface area contributed by atoms with Crippen LogP contribution in [0.5, 0.6) is 11.5 Å². The van der Waals surface area contributed by atoms with E-state index in [9.17, 15) is 0 Å². The van der Waals surface area contributed by atoms with Crippen LogP contribution in [0.1, 0.15) is 11.6 Å². The minimum absolute atomic E-state index is 0.101. The molecule has 16 heavy (non-hydrogen) atoms. The van der Waals surface area contributed by atoms with Crippen LogP contribution in [0.15, 0.2) is 23.2 Å². The lowest BCUT2D eigenvalue weighted by molar-refractivity contribution is 0.392. The van der Waals surface area contributed by atoms with Crippen LogP contribution in [0.3, 0.4) is 0 Å². The molecule has 1 heterocycles. The zero-order valence-corrected chi connectivity index (χ0v) is 9.36. The molecule has 0 amide bonds. The third-order valence-corrected chi connectivity index (χ3v) is 2.54. The van der Waals surface area contributed by atoms with Gasteiger partial charge in [-0.15, -0.1) is 0 Å². The summed E-state index contributed by atoms with van der Waals surface area (Å²) in [6.07, 6.45) is 0. The number of guanidine groups is 1. The fraction of sp³-hybridized carbons (Fsp3) is 0.364. The van der Waals surface area contributed by atoms with Crippen LogP contribution in [-0.4, -0.2) is 26.7 Å². The molecule has 1 aliphatic heterocycles. The zero-order chi connectivity index (χ0) is 11.5. The number of rotatable bonds is 3. The number of ether oxygens (including phenoxy) is 2. The van der Waals surface area contributed by atoms with Crippen molar-refractivity contribution in [1.29, 1.82) is 0 Å². The number of nitrogens with two attached hydrogens (primary N) is 1. The summed E-state index contributed by atoms with van der Waals surface area (Å²) in [6.45, 7) is 0.641. The van der Waals surface area contributed by atoms with E-state index in [1.165, 1.54) is 0 Å². The van der Waals surface area contributed by atoms with Gasteiger partial charge >= 0.3 is 0 Å². The van der Waals surface area contributed by atoms with Crippen LogP contribution in [0.25, 0.3) is 0 Å². The summed E-state index contributed by atoms with van der Waals surface area (Å²) in [7, 11) is 3.26. The summed E-state index contributed by atoms with van der Waals surface area (Å²) in [5.74, 6) is 2.01. The minimum Gasteiger partial charge on any atom is -0.497 e. The van der Waals surface area contributed by atoms with Gasteiger partial charge in [0.2, 0.25) is 0 Å². The summed E-state index contributed by atoms with van der Waals surface area (Å²) >= 11 is 0. The molecule has 5 nitrogen and oxygen atoms in total. The molecule has 86 valence electrons. The first-order valence-electron chi connectivity index (χ1n) is 5.02. The highest BCUT2D eigenvalue weighted by atomic mass is 16.5. The average molecular weight is 221 g/mol. The number of hydrogen-bond acceptors (Lipinski definition) is 5. The lowest BCUT2D eigenvalue weighted by Gasteiger charge is -2.14. The monoisotopic (exact) mass is 221 g/mol. The highest BCUT2D eigenvalue weighted by Gasteiger charge is 2.18. The van der Waals surface area contributed by atoms with Gasteiger partial charge in [0.1, 0.15) is 11.5 Å². The van der Waals surface area contributed by atoms with Gasteiger partial charge in [0.05, 0.1) is 26.8 Å². The molecule has 0 fully saturated rings. The van der Waals surface area contributed by atoms with Crippen molar-refractivity contribution in [3.8, 4) is 11.5 Å². The molecule has 0 bridgehead atoms. The second kappa shape index (κ2) is 4.30. The fourth-order valence-electron chi connectivity index (χ4n) is 1.68. The summed E-state index contributed by atoms with van der Waals surface area (Å²) in [6, 6.07) is 5.84. The Balaban J connectivity index is 2.26. The molecule has 1 aromatic rings. The summed E-state index contributed by atoms with van der Waals surface area (Å²) in [4.78, 5) is 4.11. The van der Waals surface area contributed by atoms with Crippen molar-refractivity contribution >= 4 is 5.96 Å². The zero-order valence-electron chi connectivity index (χ0n) is 9.36. The molecule has 0 spiro atoms. The molecular formula is C11H15N3O2. The Labute approximate surface area is 94.3 Å². The highest BCUT2D eigenvalue weighted by molar-refractivity contribution is 5.80. The normalized spacial score (nSPS) is 18.9. The van der Waals surface area contributed by atoms with Gasteiger partial charge in [-0.25, -0.2) is 0 Å². The van der Waals surface area contributed by atoms with E-state index < -0.39 is 0 Å². The van der Waals surface area contributed by atoms with E-state index in [0.29, 0.717) is 12.5 Å². The van der Waals surface area contributed by atoms with Crippen molar-refractivity contribution in [2.45, 2.75) is 6.04 Å². The molecule has 0 aromatic heterocycles. The van der Waals surface area contributed by atoms with Gasteiger partial charge in [0.15, 0.2) is 5.96 Å². The van der Waals surface area contributed by atoms with E-state index in [1.54, 1.807) is 14.2 Å². The van der Waals surface area contributed by atoms with Crippen molar-refractivity contribution in [3.63, 3.8) is 0 Å². The third kappa shape index (κ3) is 2.03. The molecule has 0 saturated heterocycles. The molecule has 1 aromatic carbocycles. The van der Waals surface area contributed by atoms with Crippen LogP contribution in [0, 0.1) is 0 Å². The van der Waals surface area contributed by atoms with Gasteiger partial charge in [-0.3, -0.25) is 4.99 Å². The number of aliphatic imine (C=N–C) groups is 1. The van der Waals surface area contributed by atoms with Crippen molar-refractivity contribution in [3.05, 3.63) is 23.8 Å². The van der Waals surface area contributed by atoms with E-state index in [2.05, 4.69) is 10.3 Å². The van der Waals surface area contributed by atoms with E-state index in [-0.39, 0.29) is 6.04 Å². The average Bonchev–Trinajstić information content (AvgIpc) is 2.75. The number of methoxy groups -OCH3 is 2. The summed E-state index contributed by atoms with van der Waals surface area (Å²) in [5, 5.41) is 3.09. The lowest BCUT2D eigenvalue weighted by atomic mass is 10.1. The lowest BCUT2D eigenvalue weighted by Crippen LogP contribution is -2.29. The first kappa shape index (κ1) is 10.6. The Hall–Kier alpha value is -1.91. The predicted octanol–water partition coefficient (Wildman–Crippen LogP) is 0.663. The topological polar surface area (TPSA) is 68.9 Å². The quantitative estimate of drug-likeness (QED) is 0.786. The number of benzene rings is 1. The molecule has 0 saturated carbocycles. The molecule has 1 aliphatic rings. The van der Waals surface area contributed by atoms with E-state index in [1.807, 2.05) is 18.2 Å². The number of hydrogen-bond donors (Lipinski definition) is 2. The molecule has 2 rings (SSSR count). The Bertz CT molecular complexity index is 395. The van der Waals surface area contributed by atoms with Gasteiger partial charge < -0.3 is 20.5 Å². The van der Waals surface area contributed by atoms with Gasteiger partial charge in [0, 0.05) is 6.07 Å². The largest absolute Gasteiger partial charge is 0.497 e. The molecular weight excluding hydrogens is 206 g/mol. The highest BCUT2D eigenvalue weighted by Crippen LogP contribution is 2.27. The smallest absolute Gasteiger partial charge is 0.189 e. The molecule has 1 unspecified atom stereocenters.